The van der Waals surface area contributed by atoms with Crippen molar-refractivity contribution in [3.05, 3.63) is 72.1 Å². The van der Waals surface area contributed by atoms with Gasteiger partial charge in [0.15, 0.2) is 0 Å². The number of anilines is 4. The molecule has 5 N–H and O–H groups in total. The number of para-hydroxylation sites is 1. The van der Waals surface area contributed by atoms with Crippen LogP contribution in [-0.2, 0) is 0 Å². The fourth-order valence-corrected chi connectivity index (χ4v) is 4.12. The lowest BCUT2D eigenvalue weighted by atomic mass is 9.90. The quantitative estimate of drug-likeness (QED) is 0.446. The number of benzene rings is 2. The van der Waals surface area contributed by atoms with E-state index in [2.05, 4.69) is 31.6 Å². The number of carbonyl (C=O) groups excluding carboxylic acids is 1. The average molecular weight is 430 g/mol. The Bertz CT molecular complexity index is 1120. The number of amides is 2. The molecule has 8 heteroatoms. The number of piperidine rings is 1. The number of nitrogen functional groups attached to an aromatic ring is 1. The largest absolute Gasteiger partial charge is 0.383 e. The number of nitrogens with two attached hydrogens (primary N) is 1. The Morgan fingerprint density at radius 1 is 1.09 bits per heavy atom. The number of carbonyl (C=O) groups is 1. The van der Waals surface area contributed by atoms with Gasteiger partial charge in [0.05, 0.1) is 5.56 Å². The van der Waals surface area contributed by atoms with Crippen molar-refractivity contribution in [2.75, 3.05) is 34.4 Å². The molecule has 1 aromatic heterocycles. The van der Waals surface area contributed by atoms with E-state index in [9.17, 15) is 4.79 Å². The number of hydrogen-bond acceptors (Lipinski definition) is 6. The van der Waals surface area contributed by atoms with Crippen molar-refractivity contribution in [1.29, 1.82) is 5.41 Å². The van der Waals surface area contributed by atoms with Gasteiger partial charge in [-0.3, -0.25) is 0 Å². The van der Waals surface area contributed by atoms with Crippen molar-refractivity contribution < 1.29 is 4.79 Å². The summed E-state index contributed by atoms with van der Waals surface area (Å²) >= 11 is 0. The summed E-state index contributed by atoms with van der Waals surface area (Å²) in [7, 11) is 0. The number of nitrogens with one attached hydrogen (secondary N) is 3. The topological polar surface area (TPSA) is 120 Å². The molecular weight excluding hydrogens is 402 g/mol. The highest BCUT2D eigenvalue weighted by molar-refractivity contribution is 6.04. The Morgan fingerprint density at radius 3 is 2.62 bits per heavy atom. The van der Waals surface area contributed by atoms with E-state index in [1.807, 2.05) is 48.5 Å². The third-order valence-electron chi connectivity index (χ3n) is 5.60. The molecule has 1 saturated heterocycles. The van der Waals surface area contributed by atoms with Crippen molar-refractivity contribution >= 4 is 34.8 Å². The maximum absolute atomic E-state index is 12.4. The Morgan fingerprint density at radius 2 is 1.84 bits per heavy atom. The molecule has 1 aliphatic heterocycles. The van der Waals surface area contributed by atoms with Gasteiger partial charge >= 0.3 is 6.03 Å². The zero-order chi connectivity index (χ0) is 22.5. The Kier molecular flexibility index (Phi) is 6.30. The van der Waals surface area contributed by atoms with Crippen LogP contribution in [0.2, 0.25) is 0 Å². The summed E-state index contributed by atoms with van der Waals surface area (Å²) in [5.41, 5.74) is 9.63. The third kappa shape index (κ3) is 4.85. The maximum atomic E-state index is 12.4. The van der Waals surface area contributed by atoms with E-state index in [0.717, 1.165) is 42.9 Å². The van der Waals surface area contributed by atoms with Crippen LogP contribution >= 0.6 is 0 Å². The smallest absolute Gasteiger partial charge is 0.323 e. The van der Waals surface area contributed by atoms with E-state index in [1.165, 1.54) is 6.33 Å². The Balaban J connectivity index is 1.48. The lowest BCUT2D eigenvalue weighted by Crippen LogP contribution is -2.36. The first-order valence-electron chi connectivity index (χ1n) is 10.6. The molecular formula is C24H27N7O. The van der Waals surface area contributed by atoms with Gasteiger partial charge in [-0.2, -0.15) is 0 Å². The van der Waals surface area contributed by atoms with Gasteiger partial charge in [-0.25, -0.2) is 14.8 Å². The minimum Gasteiger partial charge on any atom is -0.383 e. The second kappa shape index (κ2) is 9.47. The van der Waals surface area contributed by atoms with Gasteiger partial charge in [-0.1, -0.05) is 30.3 Å². The van der Waals surface area contributed by atoms with Gasteiger partial charge < -0.3 is 26.7 Å². The molecule has 164 valence electrons. The maximum Gasteiger partial charge on any atom is 0.323 e. The van der Waals surface area contributed by atoms with Gasteiger partial charge in [-0.05, 0) is 49.6 Å². The molecule has 1 aliphatic rings. The van der Waals surface area contributed by atoms with Crippen LogP contribution in [0.25, 0.3) is 0 Å². The summed E-state index contributed by atoms with van der Waals surface area (Å²) in [6.07, 6.45) is 3.49. The molecule has 0 aliphatic carbocycles. The van der Waals surface area contributed by atoms with E-state index >= 15 is 0 Å². The number of nitrogens with zero attached hydrogens (tertiary/aromatic N) is 3. The van der Waals surface area contributed by atoms with Gasteiger partial charge in [0.2, 0.25) is 0 Å². The van der Waals surface area contributed by atoms with E-state index in [4.69, 9.17) is 11.1 Å². The van der Waals surface area contributed by atoms with Gasteiger partial charge in [0.25, 0.3) is 0 Å². The highest BCUT2D eigenvalue weighted by Crippen LogP contribution is 2.32. The molecule has 0 saturated carbocycles. The van der Waals surface area contributed by atoms with E-state index in [-0.39, 0.29) is 11.9 Å². The average Bonchev–Trinajstić information content (AvgIpc) is 2.79. The molecule has 4 rings (SSSR count). The van der Waals surface area contributed by atoms with E-state index < -0.39 is 0 Å². The number of aromatic nitrogens is 2. The molecule has 2 amide bonds. The van der Waals surface area contributed by atoms with Crippen LogP contribution in [0.1, 0.15) is 36.8 Å². The second-order valence-corrected chi connectivity index (χ2v) is 7.94. The molecule has 1 unspecified atom stereocenters. The van der Waals surface area contributed by atoms with Crippen molar-refractivity contribution in [2.45, 2.75) is 25.7 Å². The van der Waals surface area contributed by atoms with Crippen LogP contribution < -0.4 is 21.3 Å². The summed E-state index contributed by atoms with van der Waals surface area (Å²) in [6, 6.07) is 17.0. The predicted molar refractivity (Wildman–Crippen MR) is 129 cm³/mol. The third-order valence-corrected chi connectivity index (χ3v) is 5.60. The summed E-state index contributed by atoms with van der Waals surface area (Å²) in [6.45, 7) is 3.32. The van der Waals surface area contributed by atoms with E-state index in [0.29, 0.717) is 22.9 Å². The normalized spacial score (nSPS) is 15.8. The fraction of sp³-hybridized carbons (Fsp3) is 0.250. The highest BCUT2D eigenvalue weighted by atomic mass is 16.2. The van der Waals surface area contributed by atoms with Crippen molar-refractivity contribution in [3.8, 4) is 0 Å². The van der Waals surface area contributed by atoms with Crippen LogP contribution in [0.4, 0.5) is 27.8 Å². The van der Waals surface area contributed by atoms with Crippen LogP contribution in [-0.4, -0.2) is 34.8 Å². The van der Waals surface area contributed by atoms with Crippen molar-refractivity contribution in [1.82, 2.24) is 9.97 Å². The highest BCUT2D eigenvalue weighted by Gasteiger charge is 2.25. The van der Waals surface area contributed by atoms with Gasteiger partial charge in [-0.15, -0.1) is 0 Å². The second-order valence-electron chi connectivity index (χ2n) is 7.94. The molecule has 8 nitrogen and oxygen atoms in total. The standard InChI is InChI=1S/C24H27N7O/c1-16(25)21-22(26)27-15-28-23(21)31-12-6-8-18(14-31)17-7-5-11-20(13-17)30-24(32)29-19-9-3-2-4-10-19/h2-5,7,9-11,13,15,18,25H,6,8,12,14H2,1H3,(H2,26,27,28)(H2,29,30,32). The molecule has 1 fully saturated rings. The minimum absolute atomic E-state index is 0.276. The van der Waals surface area contributed by atoms with Gasteiger partial charge in [0.1, 0.15) is 18.0 Å². The monoisotopic (exact) mass is 429 g/mol. The van der Waals surface area contributed by atoms with Crippen LogP contribution in [0, 0.1) is 5.41 Å². The number of urea groups is 1. The SMILES string of the molecule is CC(=N)c1c(N)ncnc1N1CCCC(c2cccc(NC(=O)Nc3ccccc3)c2)C1. The van der Waals surface area contributed by atoms with Crippen LogP contribution in [0.3, 0.4) is 0 Å². The Hall–Kier alpha value is -3.94. The molecule has 3 aromatic rings. The van der Waals surface area contributed by atoms with Crippen LogP contribution in [0.5, 0.6) is 0 Å². The lowest BCUT2D eigenvalue weighted by molar-refractivity contribution is 0.262. The molecule has 1 atom stereocenters. The zero-order valence-corrected chi connectivity index (χ0v) is 18.0. The number of rotatable bonds is 5. The molecule has 0 bridgehead atoms. The number of hydrogen-bond donors (Lipinski definition) is 4. The first-order chi connectivity index (χ1) is 15.5. The van der Waals surface area contributed by atoms with Crippen LogP contribution in [0.15, 0.2) is 60.9 Å². The summed E-state index contributed by atoms with van der Waals surface area (Å²) < 4.78 is 0. The molecule has 0 spiro atoms. The van der Waals surface area contributed by atoms with E-state index in [1.54, 1.807) is 6.92 Å². The molecule has 32 heavy (non-hydrogen) atoms. The first kappa shape index (κ1) is 21.3. The Labute approximate surface area is 187 Å². The minimum atomic E-state index is -0.277. The fourth-order valence-electron chi connectivity index (χ4n) is 4.12. The van der Waals surface area contributed by atoms with Crippen molar-refractivity contribution in [2.24, 2.45) is 0 Å². The molecule has 2 heterocycles. The summed E-state index contributed by atoms with van der Waals surface area (Å²) in [5, 5.41) is 13.8. The molecule has 0 radical (unpaired) electrons. The first-order valence-corrected chi connectivity index (χ1v) is 10.6. The lowest BCUT2D eigenvalue weighted by Gasteiger charge is -2.35. The predicted octanol–water partition coefficient (Wildman–Crippen LogP) is 4.47. The molecule has 2 aromatic carbocycles. The summed E-state index contributed by atoms with van der Waals surface area (Å²) in [4.78, 5) is 23.0. The van der Waals surface area contributed by atoms with Crippen molar-refractivity contribution in [3.63, 3.8) is 0 Å². The zero-order valence-electron chi connectivity index (χ0n) is 18.0. The van der Waals surface area contributed by atoms with Gasteiger partial charge in [0, 0.05) is 36.1 Å². The summed E-state index contributed by atoms with van der Waals surface area (Å²) in [5.74, 6) is 1.32.